The fraction of sp³-hybridized carbons (Fsp3) is 0.455. The smallest absolute Gasteiger partial charge is 0.123 e. The summed E-state index contributed by atoms with van der Waals surface area (Å²) in [5.41, 5.74) is 0.941. The molecule has 1 fully saturated rings. The molecule has 1 aliphatic rings. The van der Waals surface area contributed by atoms with Crippen LogP contribution in [0.25, 0.3) is 0 Å². The number of hydrogen-bond donors (Lipinski definition) is 0. The third-order valence-corrected chi connectivity index (χ3v) is 3.93. The highest BCUT2D eigenvalue weighted by Crippen LogP contribution is 2.24. The van der Waals surface area contributed by atoms with Crippen molar-refractivity contribution in [3.63, 3.8) is 0 Å². The van der Waals surface area contributed by atoms with Crippen molar-refractivity contribution in [3.8, 4) is 0 Å². The van der Waals surface area contributed by atoms with E-state index in [0.717, 1.165) is 39.6 Å². The molecule has 0 radical (unpaired) electrons. The van der Waals surface area contributed by atoms with Crippen LogP contribution in [0.15, 0.2) is 24.3 Å². The Balaban J connectivity index is 2.03. The van der Waals surface area contributed by atoms with E-state index in [0.29, 0.717) is 6.54 Å². The molecule has 2 rings (SSSR count). The van der Waals surface area contributed by atoms with Gasteiger partial charge in [-0.25, -0.2) is 4.39 Å². The van der Waals surface area contributed by atoms with E-state index in [4.69, 9.17) is 0 Å². The molecular formula is C11H15FNOP. The predicted octanol–water partition coefficient (Wildman–Crippen LogP) is 2.33. The van der Waals surface area contributed by atoms with Gasteiger partial charge in [-0.2, -0.15) is 0 Å². The van der Waals surface area contributed by atoms with Gasteiger partial charge < -0.3 is 9.85 Å². The third kappa shape index (κ3) is 2.97. The van der Waals surface area contributed by atoms with Gasteiger partial charge in [-0.15, -0.1) is 8.58 Å². The maximum atomic E-state index is 12.7. The molecule has 0 saturated carbocycles. The average Bonchev–Trinajstić information content (AvgIpc) is 2.22. The number of halogens is 1. The van der Waals surface area contributed by atoms with Crippen LogP contribution in [0.3, 0.4) is 0 Å². The average molecular weight is 227 g/mol. The first-order valence-electron chi connectivity index (χ1n) is 5.20. The first-order chi connectivity index (χ1) is 7.18. The number of hydroxylamine groups is 3. The quantitative estimate of drug-likeness (QED) is 0.432. The van der Waals surface area contributed by atoms with Crippen molar-refractivity contribution in [2.75, 3.05) is 25.4 Å². The van der Waals surface area contributed by atoms with Gasteiger partial charge in [-0.05, 0) is 12.1 Å². The van der Waals surface area contributed by atoms with Crippen molar-refractivity contribution in [2.24, 2.45) is 0 Å². The Morgan fingerprint density at radius 3 is 2.40 bits per heavy atom. The Kier molecular flexibility index (Phi) is 3.35. The minimum absolute atomic E-state index is 0.126. The van der Waals surface area contributed by atoms with Crippen LogP contribution in [0, 0.1) is 11.0 Å². The number of nitrogens with zero attached hydrogens (tertiary/aromatic N) is 1. The monoisotopic (exact) mass is 227 g/mol. The maximum Gasteiger partial charge on any atom is 0.123 e. The summed E-state index contributed by atoms with van der Waals surface area (Å²) in [6.07, 6.45) is 2.09. The van der Waals surface area contributed by atoms with E-state index in [2.05, 4.69) is 0 Å². The Hall–Kier alpha value is -0.500. The summed E-state index contributed by atoms with van der Waals surface area (Å²) in [6.45, 7) is 1.93. The van der Waals surface area contributed by atoms with Gasteiger partial charge in [0.05, 0.1) is 13.1 Å². The van der Waals surface area contributed by atoms with Crippen LogP contribution in [0.4, 0.5) is 4.39 Å². The molecule has 82 valence electrons. The van der Waals surface area contributed by atoms with E-state index in [1.807, 2.05) is 0 Å². The minimum Gasteiger partial charge on any atom is -0.633 e. The largest absolute Gasteiger partial charge is 0.633 e. The number of hydrogen-bond acceptors (Lipinski definition) is 1. The molecule has 15 heavy (non-hydrogen) atoms. The van der Waals surface area contributed by atoms with Crippen molar-refractivity contribution < 1.29 is 9.04 Å². The standard InChI is InChI=1S/C11H15FNOP/c12-11-3-1-10(2-4-11)9-13(14)5-7-15-8-6-13/h1-4,15H,5-9H2. The van der Waals surface area contributed by atoms with Crippen LogP contribution < -0.4 is 0 Å². The van der Waals surface area contributed by atoms with Crippen LogP contribution in [0.2, 0.25) is 0 Å². The molecule has 2 nitrogen and oxygen atoms in total. The highest BCUT2D eigenvalue weighted by Gasteiger charge is 2.20. The van der Waals surface area contributed by atoms with Crippen LogP contribution in [-0.2, 0) is 6.54 Å². The van der Waals surface area contributed by atoms with E-state index >= 15 is 0 Å². The fourth-order valence-corrected chi connectivity index (χ4v) is 3.26. The molecule has 0 N–H and O–H groups in total. The van der Waals surface area contributed by atoms with Gasteiger partial charge in [0, 0.05) is 17.9 Å². The molecule has 4 heteroatoms. The van der Waals surface area contributed by atoms with Gasteiger partial charge in [-0.3, -0.25) is 0 Å². The molecule has 1 aliphatic heterocycles. The Morgan fingerprint density at radius 1 is 1.20 bits per heavy atom. The number of quaternary nitrogens is 1. The molecule has 0 aliphatic carbocycles. The number of benzene rings is 1. The molecule has 0 spiro atoms. The highest BCUT2D eigenvalue weighted by atomic mass is 31.1. The van der Waals surface area contributed by atoms with Crippen molar-refractivity contribution in [3.05, 3.63) is 40.9 Å². The van der Waals surface area contributed by atoms with Crippen LogP contribution in [0.1, 0.15) is 5.56 Å². The summed E-state index contributed by atoms with van der Waals surface area (Å²) >= 11 is 0. The summed E-state index contributed by atoms with van der Waals surface area (Å²) in [5, 5.41) is 12.2. The molecule has 0 bridgehead atoms. The summed E-state index contributed by atoms with van der Waals surface area (Å²) in [7, 11) is 0.952. The van der Waals surface area contributed by atoms with E-state index in [9.17, 15) is 9.60 Å². The first kappa shape index (κ1) is 11.0. The maximum absolute atomic E-state index is 12.7. The lowest BCUT2D eigenvalue weighted by Crippen LogP contribution is -2.46. The minimum atomic E-state index is -0.240. The normalized spacial score (nSPS) is 28.1. The van der Waals surface area contributed by atoms with Crippen molar-refractivity contribution in [1.82, 2.24) is 0 Å². The summed E-state index contributed by atoms with van der Waals surface area (Å²) in [6, 6.07) is 6.27. The van der Waals surface area contributed by atoms with E-state index in [1.54, 1.807) is 12.1 Å². The molecule has 0 unspecified atom stereocenters. The summed E-state index contributed by atoms with van der Waals surface area (Å²) < 4.78 is 12.6. The summed E-state index contributed by atoms with van der Waals surface area (Å²) in [5.74, 6) is -0.240. The van der Waals surface area contributed by atoms with E-state index in [-0.39, 0.29) is 10.5 Å². The zero-order valence-electron chi connectivity index (χ0n) is 8.58. The van der Waals surface area contributed by atoms with Crippen molar-refractivity contribution in [2.45, 2.75) is 6.54 Å². The van der Waals surface area contributed by atoms with Crippen LogP contribution in [-0.4, -0.2) is 30.1 Å². The summed E-state index contributed by atoms with van der Waals surface area (Å²) in [4.78, 5) is 0. The second-order valence-corrected chi connectivity index (χ2v) is 5.54. The lowest BCUT2D eigenvalue weighted by atomic mass is 10.2. The van der Waals surface area contributed by atoms with Gasteiger partial charge in [0.25, 0.3) is 0 Å². The zero-order chi connectivity index (χ0) is 10.7. The highest BCUT2D eigenvalue weighted by molar-refractivity contribution is 7.38. The molecule has 1 aromatic carbocycles. The van der Waals surface area contributed by atoms with E-state index < -0.39 is 0 Å². The van der Waals surface area contributed by atoms with Gasteiger partial charge in [0.15, 0.2) is 0 Å². The predicted molar refractivity (Wildman–Crippen MR) is 61.5 cm³/mol. The topological polar surface area (TPSA) is 23.1 Å². The molecule has 1 saturated heterocycles. The Morgan fingerprint density at radius 2 is 1.80 bits per heavy atom. The lowest BCUT2D eigenvalue weighted by molar-refractivity contribution is -0.890. The van der Waals surface area contributed by atoms with Crippen molar-refractivity contribution in [1.29, 1.82) is 0 Å². The number of rotatable bonds is 2. The van der Waals surface area contributed by atoms with Gasteiger partial charge in [-0.1, -0.05) is 12.1 Å². The van der Waals surface area contributed by atoms with Gasteiger partial charge in [0.2, 0.25) is 0 Å². The third-order valence-electron chi connectivity index (χ3n) is 2.78. The molecule has 0 aromatic heterocycles. The zero-order valence-corrected chi connectivity index (χ0v) is 9.58. The fourth-order valence-electron chi connectivity index (χ4n) is 1.88. The van der Waals surface area contributed by atoms with Crippen molar-refractivity contribution >= 4 is 8.58 Å². The van der Waals surface area contributed by atoms with E-state index in [1.165, 1.54) is 12.1 Å². The Bertz CT molecular complexity index is 322. The molecule has 1 heterocycles. The van der Waals surface area contributed by atoms with Crippen LogP contribution >= 0.6 is 8.58 Å². The van der Waals surface area contributed by atoms with Gasteiger partial charge >= 0.3 is 0 Å². The molecular weight excluding hydrogens is 212 g/mol. The Labute approximate surface area is 91.0 Å². The second kappa shape index (κ2) is 4.56. The van der Waals surface area contributed by atoms with Crippen LogP contribution in [0.5, 0.6) is 0 Å². The SMILES string of the molecule is [O-][N+]1(Cc2ccc(F)cc2)CCPCC1. The molecule has 0 amide bonds. The first-order valence-corrected chi connectivity index (χ1v) is 6.62. The molecule has 1 aromatic rings. The second-order valence-electron chi connectivity index (χ2n) is 4.04. The van der Waals surface area contributed by atoms with Gasteiger partial charge in [0.1, 0.15) is 12.4 Å². The molecule has 0 atom stereocenters. The lowest BCUT2D eigenvalue weighted by Gasteiger charge is -2.45.